The van der Waals surface area contributed by atoms with E-state index in [1.54, 1.807) is 0 Å². The first-order valence-corrected chi connectivity index (χ1v) is 7.49. The van der Waals surface area contributed by atoms with Crippen molar-refractivity contribution in [3.05, 3.63) is 30.0 Å². The molecule has 1 aromatic carbocycles. The third-order valence-electron chi connectivity index (χ3n) is 4.13. The maximum atomic E-state index is 5.81. The van der Waals surface area contributed by atoms with E-state index in [9.17, 15) is 0 Å². The van der Waals surface area contributed by atoms with Crippen LogP contribution >= 0.6 is 0 Å². The Morgan fingerprint density at radius 3 is 2.45 bits per heavy atom. The number of nitrogens with zero attached hydrogens (tertiary/aromatic N) is 3. The van der Waals surface area contributed by atoms with Crippen LogP contribution in [0.1, 0.15) is 31.4 Å². The summed E-state index contributed by atoms with van der Waals surface area (Å²) in [6, 6.07) is 8.64. The van der Waals surface area contributed by atoms with Gasteiger partial charge >= 0.3 is 0 Å². The highest BCUT2D eigenvalue weighted by Crippen LogP contribution is 2.29. The molecule has 2 aromatic rings. The van der Waals surface area contributed by atoms with Crippen LogP contribution < -0.4 is 10.6 Å². The number of aromatic nitrogens is 2. The molecular formula is C16H22N4. The van der Waals surface area contributed by atoms with Gasteiger partial charge in [0.2, 0.25) is 0 Å². The fourth-order valence-corrected chi connectivity index (χ4v) is 3.17. The van der Waals surface area contributed by atoms with Gasteiger partial charge in [-0.15, -0.1) is 0 Å². The van der Waals surface area contributed by atoms with E-state index in [-0.39, 0.29) is 0 Å². The maximum Gasteiger partial charge on any atom is 0.151 e. The Kier molecular flexibility index (Phi) is 3.83. The van der Waals surface area contributed by atoms with Gasteiger partial charge in [0.25, 0.3) is 0 Å². The van der Waals surface area contributed by atoms with Crippen molar-refractivity contribution >= 4 is 16.9 Å². The first kappa shape index (κ1) is 13.3. The molecule has 106 valence electrons. The zero-order valence-corrected chi connectivity index (χ0v) is 12.0. The summed E-state index contributed by atoms with van der Waals surface area (Å²) in [5, 5.41) is 0. The van der Waals surface area contributed by atoms with Crippen molar-refractivity contribution in [3.8, 4) is 0 Å². The van der Waals surface area contributed by atoms with Crippen molar-refractivity contribution in [1.82, 2.24) is 9.97 Å². The van der Waals surface area contributed by atoms with Gasteiger partial charge in [0, 0.05) is 19.1 Å². The predicted octanol–water partition coefficient (Wildman–Crippen LogP) is 2.65. The standard InChI is InChI=1S/C16H22N4/c1-12-16(19-15-9-5-4-8-14(15)18-12)20(11-10-17)13-6-2-3-7-13/h4-5,8-9,13H,2-3,6-7,10-11,17H2,1H3. The third kappa shape index (κ3) is 2.48. The van der Waals surface area contributed by atoms with Gasteiger partial charge in [-0.1, -0.05) is 25.0 Å². The molecule has 3 rings (SSSR count). The van der Waals surface area contributed by atoms with Gasteiger partial charge in [-0.25, -0.2) is 9.97 Å². The largest absolute Gasteiger partial charge is 0.351 e. The molecule has 0 spiro atoms. The van der Waals surface area contributed by atoms with E-state index in [1.807, 2.05) is 31.2 Å². The number of anilines is 1. The summed E-state index contributed by atoms with van der Waals surface area (Å²) >= 11 is 0. The molecule has 1 aliphatic carbocycles. The fourth-order valence-electron chi connectivity index (χ4n) is 3.17. The molecule has 20 heavy (non-hydrogen) atoms. The summed E-state index contributed by atoms with van der Waals surface area (Å²) < 4.78 is 0. The van der Waals surface area contributed by atoms with Crippen molar-refractivity contribution in [2.24, 2.45) is 5.73 Å². The van der Waals surface area contributed by atoms with Crippen LogP contribution in [0.3, 0.4) is 0 Å². The summed E-state index contributed by atoms with van der Waals surface area (Å²) in [4.78, 5) is 11.9. The highest BCUT2D eigenvalue weighted by molar-refractivity contribution is 5.76. The highest BCUT2D eigenvalue weighted by atomic mass is 15.2. The van der Waals surface area contributed by atoms with Gasteiger partial charge in [-0.05, 0) is 31.9 Å². The molecule has 0 unspecified atom stereocenters. The Balaban J connectivity index is 2.02. The van der Waals surface area contributed by atoms with Crippen molar-refractivity contribution in [2.45, 2.75) is 38.6 Å². The molecule has 0 radical (unpaired) electrons. The average molecular weight is 270 g/mol. The molecule has 0 atom stereocenters. The molecule has 4 nitrogen and oxygen atoms in total. The van der Waals surface area contributed by atoms with Gasteiger partial charge in [0.05, 0.1) is 16.7 Å². The van der Waals surface area contributed by atoms with E-state index in [1.165, 1.54) is 25.7 Å². The first-order valence-electron chi connectivity index (χ1n) is 7.49. The summed E-state index contributed by atoms with van der Waals surface area (Å²) in [6.07, 6.45) is 5.11. The lowest BCUT2D eigenvalue weighted by molar-refractivity contribution is 0.600. The second-order valence-electron chi connectivity index (χ2n) is 5.54. The van der Waals surface area contributed by atoms with Crippen molar-refractivity contribution in [3.63, 3.8) is 0 Å². The number of fused-ring (bicyclic) bond motifs is 1. The molecule has 1 aliphatic rings. The van der Waals surface area contributed by atoms with Crippen molar-refractivity contribution in [1.29, 1.82) is 0 Å². The monoisotopic (exact) mass is 270 g/mol. The van der Waals surface area contributed by atoms with Gasteiger partial charge in [0.15, 0.2) is 5.82 Å². The first-order chi connectivity index (χ1) is 9.79. The second kappa shape index (κ2) is 5.75. The smallest absolute Gasteiger partial charge is 0.151 e. The Hall–Kier alpha value is -1.68. The predicted molar refractivity (Wildman–Crippen MR) is 82.9 cm³/mol. The van der Waals surface area contributed by atoms with Crippen LogP contribution in [0.5, 0.6) is 0 Å². The molecule has 1 fully saturated rings. The van der Waals surface area contributed by atoms with Gasteiger partial charge < -0.3 is 10.6 Å². The zero-order chi connectivity index (χ0) is 13.9. The van der Waals surface area contributed by atoms with Crippen LogP contribution in [0.25, 0.3) is 11.0 Å². The molecule has 1 aromatic heterocycles. The lowest BCUT2D eigenvalue weighted by Crippen LogP contribution is -2.38. The Labute approximate surface area is 120 Å². The van der Waals surface area contributed by atoms with Gasteiger partial charge in [-0.2, -0.15) is 0 Å². The van der Waals surface area contributed by atoms with Crippen LogP contribution in [0.4, 0.5) is 5.82 Å². The number of hydrogen-bond donors (Lipinski definition) is 1. The number of nitrogens with two attached hydrogens (primary N) is 1. The Morgan fingerprint density at radius 1 is 1.15 bits per heavy atom. The maximum absolute atomic E-state index is 5.81. The van der Waals surface area contributed by atoms with Gasteiger partial charge in [0.1, 0.15) is 0 Å². The van der Waals surface area contributed by atoms with E-state index in [0.29, 0.717) is 12.6 Å². The van der Waals surface area contributed by atoms with Crippen LogP contribution in [0.2, 0.25) is 0 Å². The molecule has 1 saturated carbocycles. The average Bonchev–Trinajstić information content (AvgIpc) is 2.98. The minimum atomic E-state index is 0.577. The van der Waals surface area contributed by atoms with Crippen LogP contribution in [0.15, 0.2) is 24.3 Å². The number of benzene rings is 1. The molecule has 4 heteroatoms. The number of para-hydroxylation sites is 2. The lowest BCUT2D eigenvalue weighted by atomic mass is 10.2. The summed E-state index contributed by atoms with van der Waals surface area (Å²) in [6.45, 7) is 3.57. The molecule has 1 heterocycles. The van der Waals surface area contributed by atoms with E-state index < -0.39 is 0 Å². The number of rotatable bonds is 4. The van der Waals surface area contributed by atoms with Crippen molar-refractivity contribution in [2.75, 3.05) is 18.0 Å². The summed E-state index contributed by atoms with van der Waals surface area (Å²) in [5.41, 5.74) is 8.74. The number of aryl methyl sites for hydroxylation is 1. The minimum absolute atomic E-state index is 0.577. The quantitative estimate of drug-likeness (QED) is 0.928. The zero-order valence-electron chi connectivity index (χ0n) is 12.0. The molecule has 2 N–H and O–H groups in total. The van der Waals surface area contributed by atoms with Crippen molar-refractivity contribution < 1.29 is 0 Å². The fraction of sp³-hybridized carbons (Fsp3) is 0.500. The normalized spacial score (nSPS) is 15.9. The molecule has 0 saturated heterocycles. The van der Waals surface area contributed by atoms with Gasteiger partial charge in [-0.3, -0.25) is 0 Å². The molecular weight excluding hydrogens is 248 g/mol. The lowest BCUT2D eigenvalue weighted by Gasteiger charge is -2.30. The highest BCUT2D eigenvalue weighted by Gasteiger charge is 2.25. The molecule has 0 amide bonds. The third-order valence-corrected chi connectivity index (χ3v) is 4.13. The SMILES string of the molecule is Cc1nc2ccccc2nc1N(CCN)C1CCCC1. The van der Waals surface area contributed by atoms with E-state index in [4.69, 9.17) is 15.7 Å². The second-order valence-corrected chi connectivity index (χ2v) is 5.54. The minimum Gasteiger partial charge on any atom is -0.351 e. The summed E-state index contributed by atoms with van der Waals surface area (Å²) in [5.74, 6) is 1.01. The van der Waals surface area contributed by atoms with Crippen LogP contribution in [0, 0.1) is 6.92 Å². The van der Waals surface area contributed by atoms with E-state index in [0.717, 1.165) is 29.1 Å². The Bertz CT molecular complexity index is 590. The topological polar surface area (TPSA) is 55.0 Å². The van der Waals surface area contributed by atoms with Crippen LogP contribution in [-0.4, -0.2) is 29.1 Å². The molecule has 0 bridgehead atoms. The van der Waals surface area contributed by atoms with Crippen LogP contribution in [-0.2, 0) is 0 Å². The Morgan fingerprint density at radius 2 is 1.80 bits per heavy atom. The molecule has 0 aliphatic heterocycles. The van der Waals surface area contributed by atoms with E-state index >= 15 is 0 Å². The number of hydrogen-bond acceptors (Lipinski definition) is 4. The summed E-state index contributed by atoms with van der Waals surface area (Å²) in [7, 11) is 0. The van der Waals surface area contributed by atoms with E-state index in [2.05, 4.69) is 4.90 Å².